The van der Waals surface area contributed by atoms with Crippen LogP contribution >= 0.6 is 0 Å². The van der Waals surface area contributed by atoms with E-state index in [2.05, 4.69) is 34.3 Å². The molecule has 0 saturated heterocycles. The Labute approximate surface area is 145 Å². The highest BCUT2D eigenvalue weighted by atomic mass is 19.1. The number of nitrogens with zero attached hydrogens (tertiary/aromatic N) is 3. The molecule has 130 valence electrons. The monoisotopic (exact) mass is 340 g/mol. The summed E-state index contributed by atoms with van der Waals surface area (Å²) in [5, 5.41) is 8.48. The summed E-state index contributed by atoms with van der Waals surface area (Å²) >= 11 is 0. The van der Waals surface area contributed by atoms with E-state index in [4.69, 9.17) is 4.52 Å². The van der Waals surface area contributed by atoms with Gasteiger partial charge in [-0.3, -0.25) is 0 Å². The van der Waals surface area contributed by atoms with E-state index < -0.39 is 0 Å². The van der Waals surface area contributed by atoms with Crippen molar-refractivity contribution in [1.82, 2.24) is 15.1 Å². The van der Waals surface area contributed by atoms with Crippen molar-refractivity contribution in [3.63, 3.8) is 0 Å². The number of anilines is 1. The van der Waals surface area contributed by atoms with Gasteiger partial charge in [0.15, 0.2) is 0 Å². The molecule has 1 saturated carbocycles. The Morgan fingerprint density at radius 2 is 1.92 bits per heavy atom. The van der Waals surface area contributed by atoms with Crippen LogP contribution < -0.4 is 5.32 Å². The molecule has 0 bridgehead atoms. The van der Waals surface area contributed by atoms with E-state index in [0.29, 0.717) is 29.3 Å². The summed E-state index contributed by atoms with van der Waals surface area (Å²) in [6, 6.07) is 6.57. The van der Waals surface area contributed by atoms with Gasteiger partial charge in [-0.2, -0.15) is 4.98 Å². The van der Waals surface area contributed by atoms with Crippen LogP contribution in [-0.4, -0.2) is 21.2 Å². The fourth-order valence-corrected chi connectivity index (χ4v) is 3.66. The maximum absolute atomic E-state index is 13.2. The largest absolute Gasteiger partial charge is 0.366 e. The second-order valence-electron chi connectivity index (χ2n) is 6.96. The van der Waals surface area contributed by atoms with Crippen LogP contribution in [-0.2, 0) is 0 Å². The van der Waals surface area contributed by atoms with Gasteiger partial charge in [0.1, 0.15) is 29.0 Å². The van der Waals surface area contributed by atoms with Crippen molar-refractivity contribution in [2.75, 3.05) is 5.32 Å². The molecule has 2 heterocycles. The first kappa shape index (κ1) is 16.0. The van der Waals surface area contributed by atoms with Gasteiger partial charge in [0, 0.05) is 11.6 Å². The van der Waals surface area contributed by atoms with Crippen LogP contribution in [0, 0.1) is 17.7 Å². The Morgan fingerprint density at radius 1 is 1.12 bits per heavy atom. The van der Waals surface area contributed by atoms with Gasteiger partial charge in [-0.1, -0.05) is 31.8 Å². The Bertz CT molecular complexity index is 877. The molecule has 6 heteroatoms. The standard InChI is InChI=1S/C19H21FN4O/c1-11-4-3-5-15(12(11)2)23-18-16-17(13-6-8-14(20)9-7-13)24-25-19(16)22-10-21-18/h6-12,15H,3-5H2,1-2H3,(H,21,22,23)/t11-,12+,15+/m1/s1. The summed E-state index contributed by atoms with van der Waals surface area (Å²) in [5.74, 6) is 1.70. The van der Waals surface area contributed by atoms with Gasteiger partial charge in [-0.05, 0) is 42.5 Å². The van der Waals surface area contributed by atoms with Crippen LogP contribution in [0.25, 0.3) is 22.4 Å². The molecule has 4 rings (SSSR count). The molecule has 3 aromatic rings. The lowest BCUT2D eigenvalue weighted by atomic mass is 9.78. The molecule has 1 aromatic carbocycles. The smallest absolute Gasteiger partial charge is 0.263 e. The lowest BCUT2D eigenvalue weighted by molar-refractivity contribution is 0.253. The molecule has 1 N–H and O–H groups in total. The number of hydrogen-bond acceptors (Lipinski definition) is 5. The SMILES string of the molecule is C[C@H]1[C@H](C)CCC[C@@H]1Nc1ncnc2onc(-c3ccc(F)cc3)c12. The molecule has 0 radical (unpaired) electrons. The van der Waals surface area contributed by atoms with E-state index in [1.807, 2.05) is 0 Å². The minimum atomic E-state index is -0.281. The number of rotatable bonds is 3. The van der Waals surface area contributed by atoms with Crippen LogP contribution in [0.5, 0.6) is 0 Å². The Hall–Kier alpha value is -2.50. The highest BCUT2D eigenvalue weighted by molar-refractivity contribution is 5.97. The Balaban J connectivity index is 1.74. The predicted molar refractivity (Wildman–Crippen MR) is 94.6 cm³/mol. The molecule has 2 aromatic heterocycles. The molecule has 1 aliphatic rings. The average Bonchev–Trinajstić information content (AvgIpc) is 3.05. The van der Waals surface area contributed by atoms with E-state index in [1.165, 1.54) is 31.3 Å². The van der Waals surface area contributed by atoms with E-state index >= 15 is 0 Å². The number of nitrogens with one attached hydrogen (secondary N) is 1. The summed E-state index contributed by atoms with van der Waals surface area (Å²) in [6.07, 6.45) is 5.09. The van der Waals surface area contributed by atoms with Crippen LogP contribution in [0.15, 0.2) is 35.1 Å². The fraction of sp³-hybridized carbons (Fsp3) is 0.421. The number of benzene rings is 1. The molecule has 3 atom stereocenters. The molecule has 1 fully saturated rings. The van der Waals surface area contributed by atoms with Crippen molar-refractivity contribution in [2.24, 2.45) is 11.8 Å². The summed E-state index contributed by atoms with van der Waals surface area (Å²) in [6.45, 7) is 4.59. The van der Waals surface area contributed by atoms with Crippen molar-refractivity contribution in [3.05, 3.63) is 36.4 Å². The Kier molecular flexibility index (Phi) is 4.11. The maximum Gasteiger partial charge on any atom is 0.263 e. The second-order valence-corrected chi connectivity index (χ2v) is 6.96. The predicted octanol–water partition coefficient (Wildman–Crippen LogP) is 4.66. The Morgan fingerprint density at radius 3 is 2.72 bits per heavy atom. The van der Waals surface area contributed by atoms with Gasteiger partial charge < -0.3 is 9.84 Å². The second kappa shape index (κ2) is 6.43. The van der Waals surface area contributed by atoms with Crippen molar-refractivity contribution in [1.29, 1.82) is 0 Å². The van der Waals surface area contributed by atoms with Crippen molar-refractivity contribution < 1.29 is 8.91 Å². The first-order valence-corrected chi connectivity index (χ1v) is 8.76. The molecular formula is C19H21FN4O. The summed E-state index contributed by atoms with van der Waals surface area (Å²) in [5.41, 5.74) is 1.85. The van der Waals surface area contributed by atoms with Crippen LogP contribution in [0.1, 0.15) is 33.1 Å². The minimum absolute atomic E-state index is 0.281. The molecule has 1 aliphatic carbocycles. The molecule has 0 amide bonds. The van der Waals surface area contributed by atoms with Gasteiger partial charge in [-0.25, -0.2) is 9.37 Å². The normalized spacial score (nSPS) is 23.7. The highest BCUT2D eigenvalue weighted by Gasteiger charge is 2.28. The van der Waals surface area contributed by atoms with Gasteiger partial charge in [0.2, 0.25) is 0 Å². The first-order valence-electron chi connectivity index (χ1n) is 8.76. The molecular weight excluding hydrogens is 319 g/mol. The summed E-state index contributed by atoms with van der Waals surface area (Å²) in [4.78, 5) is 8.62. The summed E-state index contributed by atoms with van der Waals surface area (Å²) in [7, 11) is 0. The number of aromatic nitrogens is 3. The highest BCUT2D eigenvalue weighted by Crippen LogP contribution is 2.35. The van der Waals surface area contributed by atoms with Crippen molar-refractivity contribution in [3.8, 4) is 11.3 Å². The fourth-order valence-electron chi connectivity index (χ4n) is 3.66. The van der Waals surface area contributed by atoms with Gasteiger partial charge in [-0.15, -0.1) is 0 Å². The zero-order valence-electron chi connectivity index (χ0n) is 14.4. The van der Waals surface area contributed by atoms with E-state index in [9.17, 15) is 4.39 Å². The molecule has 0 spiro atoms. The zero-order valence-corrected chi connectivity index (χ0v) is 14.4. The molecule has 5 nitrogen and oxygen atoms in total. The number of hydrogen-bond donors (Lipinski definition) is 1. The number of halogens is 1. The molecule has 25 heavy (non-hydrogen) atoms. The molecule has 0 unspecified atom stereocenters. The van der Waals surface area contributed by atoms with Gasteiger partial charge >= 0.3 is 0 Å². The van der Waals surface area contributed by atoms with Gasteiger partial charge in [0.05, 0.1) is 0 Å². The average molecular weight is 340 g/mol. The van der Waals surface area contributed by atoms with Crippen LogP contribution in [0.2, 0.25) is 0 Å². The van der Waals surface area contributed by atoms with Crippen molar-refractivity contribution >= 4 is 16.9 Å². The van der Waals surface area contributed by atoms with E-state index in [1.54, 1.807) is 12.1 Å². The zero-order chi connectivity index (χ0) is 17.4. The number of fused-ring (bicyclic) bond motifs is 1. The van der Waals surface area contributed by atoms with Gasteiger partial charge in [0.25, 0.3) is 5.71 Å². The minimum Gasteiger partial charge on any atom is -0.366 e. The maximum atomic E-state index is 13.2. The lowest BCUT2D eigenvalue weighted by Crippen LogP contribution is -2.35. The third-order valence-electron chi connectivity index (χ3n) is 5.42. The topological polar surface area (TPSA) is 63.8 Å². The van der Waals surface area contributed by atoms with E-state index in [0.717, 1.165) is 23.2 Å². The quantitative estimate of drug-likeness (QED) is 0.751. The molecule has 0 aliphatic heterocycles. The van der Waals surface area contributed by atoms with E-state index in [-0.39, 0.29) is 5.82 Å². The lowest BCUT2D eigenvalue weighted by Gasteiger charge is -2.35. The first-order chi connectivity index (χ1) is 12.1. The summed E-state index contributed by atoms with van der Waals surface area (Å²) < 4.78 is 18.6. The van der Waals surface area contributed by atoms with Crippen LogP contribution in [0.3, 0.4) is 0 Å². The third kappa shape index (κ3) is 2.97. The third-order valence-corrected chi connectivity index (χ3v) is 5.42. The van der Waals surface area contributed by atoms with Crippen molar-refractivity contribution in [2.45, 2.75) is 39.2 Å². The van der Waals surface area contributed by atoms with Crippen LogP contribution in [0.4, 0.5) is 10.2 Å².